The fraction of sp³-hybridized carbons (Fsp3) is 0.650. The summed E-state index contributed by atoms with van der Waals surface area (Å²) in [6.07, 6.45) is -11.2. The number of hydrogen-bond donors (Lipinski definition) is 8. The van der Waals surface area contributed by atoms with Crippen molar-refractivity contribution in [3.05, 3.63) is 39.9 Å². The zero-order valence-corrected chi connectivity index (χ0v) is 17.9. The summed E-state index contributed by atoms with van der Waals surface area (Å²) >= 11 is 0. The molecule has 1 heterocycles. The van der Waals surface area contributed by atoms with Crippen molar-refractivity contribution in [1.82, 2.24) is 5.32 Å². The first-order valence-corrected chi connectivity index (χ1v) is 10.5. The number of aliphatic hydroxyl groups excluding tert-OH is 6. The zero-order valence-electron chi connectivity index (χ0n) is 17.9. The average molecular weight is 488 g/mol. The van der Waals surface area contributed by atoms with Crippen LogP contribution >= 0.6 is 0 Å². The topological polar surface area (TPSA) is 232 Å². The molecule has 1 saturated heterocycles. The monoisotopic (exact) mass is 488 g/mol. The molecule has 2 fully saturated rings. The van der Waals surface area contributed by atoms with Crippen molar-refractivity contribution in [2.45, 2.75) is 67.4 Å². The molecule has 1 aliphatic carbocycles. The molecule has 1 aliphatic heterocycles. The first kappa shape index (κ1) is 26.3. The quantitative estimate of drug-likeness (QED) is 0.140. The minimum Gasteiger partial charge on any atom is -0.394 e. The Hall–Kier alpha value is -2.27. The number of benzene rings is 1. The molecule has 0 spiro atoms. The molecule has 8 N–H and O–H groups in total. The van der Waals surface area contributed by atoms with Crippen LogP contribution in [-0.4, -0.2) is 114 Å². The summed E-state index contributed by atoms with van der Waals surface area (Å²) in [7, 11) is 0. The van der Waals surface area contributed by atoms with Gasteiger partial charge in [0.15, 0.2) is 6.29 Å². The maximum Gasteiger partial charge on any atom is 0.269 e. The third-order valence-corrected chi connectivity index (χ3v) is 6.07. The van der Waals surface area contributed by atoms with Gasteiger partial charge in [0, 0.05) is 30.5 Å². The number of carbonyl (C=O) groups excluding carboxylic acids is 1. The lowest BCUT2D eigenvalue weighted by atomic mass is 9.80. The lowest BCUT2D eigenvalue weighted by molar-refractivity contribution is -0.384. The second-order valence-corrected chi connectivity index (χ2v) is 8.53. The minimum atomic E-state index is -1.77. The van der Waals surface area contributed by atoms with Gasteiger partial charge in [-0.15, -0.1) is 0 Å². The number of nitrogens with zero attached hydrogens (tertiary/aromatic N) is 1. The highest BCUT2D eigenvalue weighted by atomic mass is 16.7. The van der Waals surface area contributed by atoms with E-state index in [0.717, 1.165) is 12.1 Å². The van der Waals surface area contributed by atoms with E-state index in [9.17, 15) is 50.7 Å². The van der Waals surface area contributed by atoms with Crippen LogP contribution in [0, 0.1) is 10.1 Å². The first-order valence-electron chi connectivity index (χ1n) is 10.5. The Balaban J connectivity index is 1.82. The van der Waals surface area contributed by atoms with Crippen molar-refractivity contribution in [3.63, 3.8) is 0 Å². The van der Waals surface area contributed by atoms with E-state index in [1.165, 1.54) is 12.1 Å². The molecule has 1 saturated carbocycles. The van der Waals surface area contributed by atoms with E-state index in [-0.39, 0.29) is 24.1 Å². The van der Waals surface area contributed by atoms with Crippen LogP contribution in [0.25, 0.3) is 0 Å². The second kappa shape index (κ2) is 10.6. The summed E-state index contributed by atoms with van der Waals surface area (Å²) in [5.41, 5.74) is -2.04. The molecule has 14 heteroatoms. The molecule has 3 rings (SSSR count). The van der Waals surface area contributed by atoms with Crippen LogP contribution in [0.1, 0.15) is 23.2 Å². The van der Waals surface area contributed by atoms with Gasteiger partial charge in [-0.25, -0.2) is 0 Å². The van der Waals surface area contributed by atoms with Gasteiger partial charge in [0.25, 0.3) is 11.6 Å². The Kier molecular flexibility index (Phi) is 8.18. The SMILES string of the molecule is O=C(N[C@H]1[C@@H](O[C@@H]2C[C@](O)(CO)C[C@@H](O)[C@H]2O)O[C@H](CO)[C@@H](O)[C@@H]1O)c1ccc([N+](=O)[O-])cc1. The van der Waals surface area contributed by atoms with Gasteiger partial charge in [-0.3, -0.25) is 14.9 Å². The predicted octanol–water partition coefficient (Wildman–Crippen LogP) is -3.24. The summed E-state index contributed by atoms with van der Waals surface area (Å²) in [4.78, 5) is 22.9. The highest BCUT2D eigenvalue weighted by Gasteiger charge is 2.50. The molecule has 0 radical (unpaired) electrons. The van der Waals surface area contributed by atoms with Crippen molar-refractivity contribution in [3.8, 4) is 0 Å². The Morgan fingerprint density at radius 1 is 1.12 bits per heavy atom. The van der Waals surface area contributed by atoms with Gasteiger partial charge in [0.2, 0.25) is 0 Å². The van der Waals surface area contributed by atoms with E-state index >= 15 is 0 Å². The average Bonchev–Trinajstić information content (AvgIpc) is 2.81. The summed E-state index contributed by atoms with van der Waals surface area (Å²) in [6.45, 7) is -1.46. The standard InChI is InChI=1S/C20H28N2O12/c23-7-13-16(27)17(28)14(21-18(29)9-1-3-10(4-2-9)22(31)32)19(34-13)33-12-6-20(30,8-24)5-11(25)15(12)26/h1-4,11-17,19,23-28,30H,5-8H2,(H,21,29)/t11-,12-,13-,14-,15-,16-,17-,19+,20+/m1/s1. The van der Waals surface area contributed by atoms with Gasteiger partial charge in [0.05, 0.1) is 35.9 Å². The number of rotatable bonds is 7. The molecular formula is C20H28N2O12. The van der Waals surface area contributed by atoms with Gasteiger partial charge in [0.1, 0.15) is 30.5 Å². The van der Waals surface area contributed by atoms with Gasteiger partial charge in [-0.1, -0.05) is 0 Å². The third kappa shape index (κ3) is 5.51. The van der Waals surface area contributed by atoms with E-state index in [0.29, 0.717) is 0 Å². The van der Waals surface area contributed by atoms with Crippen molar-refractivity contribution >= 4 is 11.6 Å². The van der Waals surface area contributed by atoms with Gasteiger partial charge in [-0.05, 0) is 12.1 Å². The number of hydrogen-bond acceptors (Lipinski definition) is 12. The molecule has 2 aliphatic rings. The first-order chi connectivity index (χ1) is 16.0. The summed E-state index contributed by atoms with van der Waals surface area (Å²) in [5.74, 6) is -0.804. The van der Waals surface area contributed by atoms with E-state index in [2.05, 4.69) is 5.32 Å². The number of aliphatic hydroxyl groups is 7. The zero-order chi connectivity index (χ0) is 25.2. The molecule has 1 aromatic rings. The number of non-ortho nitro benzene ring substituents is 1. The largest absolute Gasteiger partial charge is 0.394 e. The van der Waals surface area contributed by atoms with E-state index < -0.39 is 78.6 Å². The van der Waals surface area contributed by atoms with Crippen LogP contribution < -0.4 is 5.32 Å². The number of amides is 1. The minimum absolute atomic E-state index is 0.0156. The van der Waals surface area contributed by atoms with Crippen molar-refractivity contribution in [2.24, 2.45) is 0 Å². The summed E-state index contributed by atoms with van der Waals surface area (Å²) < 4.78 is 11.2. The van der Waals surface area contributed by atoms with E-state index in [1.807, 2.05) is 0 Å². The number of nitro groups is 1. The van der Waals surface area contributed by atoms with E-state index in [4.69, 9.17) is 9.47 Å². The van der Waals surface area contributed by atoms with Crippen molar-refractivity contribution in [2.75, 3.05) is 13.2 Å². The van der Waals surface area contributed by atoms with Gasteiger partial charge >= 0.3 is 0 Å². The Labute approximate surface area is 193 Å². The predicted molar refractivity (Wildman–Crippen MR) is 110 cm³/mol. The lowest BCUT2D eigenvalue weighted by Crippen LogP contribution is -2.66. The van der Waals surface area contributed by atoms with Crippen LogP contribution in [0.4, 0.5) is 5.69 Å². The van der Waals surface area contributed by atoms with Gasteiger partial charge < -0.3 is 50.5 Å². The van der Waals surface area contributed by atoms with Crippen LogP contribution in [0.3, 0.4) is 0 Å². The van der Waals surface area contributed by atoms with Crippen LogP contribution in [0.2, 0.25) is 0 Å². The molecule has 1 aromatic carbocycles. The van der Waals surface area contributed by atoms with Crippen LogP contribution in [0.15, 0.2) is 24.3 Å². The highest BCUT2D eigenvalue weighted by Crippen LogP contribution is 2.33. The summed E-state index contributed by atoms with van der Waals surface area (Å²) in [5, 5.41) is 83.8. The smallest absolute Gasteiger partial charge is 0.269 e. The van der Waals surface area contributed by atoms with Crippen molar-refractivity contribution in [1.29, 1.82) is 0 Å². The lowest BCUT2D eigenvalue weighted by Gasteiger charge is -2.46. The Morgan fingerprint density at radius 3 is 2.32 bits per heavy atom. The molecule has 9 atom stereocenters. The number of nitro benzene ring substituents is 1. The molecule has 0 bridgehead atoms. The molecule has 0 unspecified atom stereocenters. The molecule has 34 heavy (non-hydrogen) atoms. The number of carbonyl (C=O) groups is 1. The fourth-order valence-corrected chi connectivity index (χ4v) is 4.09. The molecule has 190 valence electrons. The second-order valence-electron chi connectivity index (χ2n) is 8.53. The normalized spacial score (nSPS) is 38.3. The third-order valence-electron chi connectivity index (χ3n) is 6.07. The maximum absolute atomic E-state index is 12.7. The van der Waals surface area contributed by atoms with Gasteiger partial charge in [-0.2, -0.15) is 0 Å². The molecule has 14 nitrogen and oxygen atoms in total. The van der Waals surface area contributed by atoms with Crippen molar-refractivity contribution < 1.29 is 54.9 Å². The molecular weight excluding hydrogens is 460 g/mol. The van der Waals surface area contributed by atoms with Crippen LogP contribution in [0.5, 0.6) is 0 Å². The number of nitrogens with one attached hydrogen (secondary N) is 1. The number of ether oxygens (including phenoxy) is 2. The maximum atomic E-state index is 12.7. The summed E-state index contributed by atoms with van der Waals surface area (Å²) in [6, 6.07) is 3.10. The molecule has 1 amide bonds. The Morgan fingerprint density at radius 2 is 1.76 bits per heavy atom. The Bertz CT molecular complexity index is 870. The fourth-order valence-electron chi connectivity index (χ4n) is 4.09. The van der Waals surface area contributed by atoms with E-state index in [1.54, 1.807) is 0 Å². The highest BCUT2D eigenvalue weighted by molar-refractivity contribution is 5.94. The van der Waals surface area contributed by atoms with Crippen LogP contribution in [-0.2, 0) is 9.47 Å². The molecule has 0 aromatic heterocycles.